The van der Waals surface area contributed by atoms with Crippen molar-refractivity contribution in [3.05, 3.63) is 17.7 Å². The zero-order chi connectivity index (χ0) is 13.4. The number of rotatable bonds is 3. The third-order valence-electron chi connectivity index (χ3n) is 2.85. The normalized spacial score (nSPS) is 12.9. The molecule has 0 bridgehead atoms. The van der Waals surface area contributed by atoms with Crippen molar-refractivity contribution in [2.24, 2.45) is 0 Å². The summed E-state index contributed by atoms with van der Waals surface area (Å²) < 4.78 is 1.84. The summed E-state index contributed by atoms with van der Waals surface area (Å²) in [6.07, 6.45) is 1.98. The number of tetrazole rings is 1. The van der Waals surface area contributed by atoms with Gasteiger partial charge >= 0.3 is 0 Å². The highest BCUT2D eigenvalue weighted by atomic mass is 15.5. The standard InChI is InChI=1S/C11H19N7/c1-10(2,3)8-6-18(17-12-8)7-11(4,5)9-13-15-16-14-9/h6H,7H2,1-5H3,(H,13,14,15,16). The predicted octanol–water partition coefficient (Wildman–Crippen LogP) is 1.07. The number of H-pyrrole nitrogens is 1. The second-order valence-corrected chi connectivity index (χ2v) is 6.19. The maximum Gasteiger partial charge on any atom is 0.155 e. The van der Waals surface area contributed by atoms with Gasteiger partial charge in [0.25, 0.3) is 0 Å². The largest absolute Gasteiger partial charge is 0.251 e. The van der Waals surface area contributed by atoms with Gasteiger partial charge in [0.2, 0.25) is 0 Å². The summed E-state index contributed by atoms with van der Waals surface area (Å²) in [4.78, 5) is 0. The van der Waals surface area contributed by atoms with Crippen LogP contribution in [0.4, 0.5) is 0 Å². The quantitative estimate of drug-likeness (QED) is 0.879. The van der Waals surface area contributed by atoms with E-state index >= 15 is 0 Å². The van der Waals surface area contributed by atoms with Gasteiger partial charge in [-0.1, -0.05) is 39.8 Å². The van der Waals surface area contributed by atoms with Crippen LogP contribution in [0.5, 0.6) is 0 Å². The average molecular weight is 249 g/mol. The Balaban J connectivity index is 2.17. The van der Waals surface area contributed by atoms with Crippen LogP contribution in [0.2, 0.25) is 0 Å². The van der Waals surface area contributed by atoms with Crippen LogP contribution in [0.15, 0.2) is 6.20 Å². The Bertz CT molecular complexity index is 504. The molecule has 0 saturated carbocycles. The van der Waals surface area contributed by atoms with Crippen LogP contribution in [0.3, 0.4) is 0 Å². The molecule has 0 aliphatic heterocycles. The molecule has 2 aromatic rings. The second-order valence-electron chi connectivity index (χ2n) is 6.19. The van der Waals surface area contributed by atoms with Gasteiger partial charge in [-0.2, -0.15) is 0 Å². The highest BCUT2D eigenvalue weighted by Crippen LogP contribution is 2.23. The second kappa shape index (κ2) is 4.15. The number of nitrogens with one attached hydrogen (secondary N) is 1. The van der Waals surface area contributed by atoms with Gasteiger partial charge < -0.3 is 0 Å². The van der Waals surface area contributed by atoms with E-state index in [9.17, 15) is 0 Å². The lowest BCUT2D eigenvalue weighted by Gasteiger charge is -2.20. The molecule has 2 aromatic heterocycles. The van der Waals surface area contributed by atoms with Gasteiger partial charge in [-0.15, -0.1) is 10.2 Å². The minimum Gasteiger partial charge on any atom is -0.251 e. The minimum absolute atomic E-state index is 0.0101. The SMILES string of the molecule is CC(C)(C)c1cn(CC(C)(C)c2nnn[nH]2)nn1. The van der Waals surface area contributed by atoms with E-state index in [2.05, 4.69) is 65.6 Å². The minimum atomic E-state index is -0.216. The Morgan fingerprint density at radius 1 is 1.17 bits per heavy atom. The molecular weight excluding hydrogens is 230 g/mol. The molecule has 0 unspecified atom stereocenters. The van der Waals surface area contributed by atoms with Crippen molar-refractivity contribution in [2.45, 2.75) is 52.0 Å². The summed E-state index contributed by atoms with van der Waals surface area (Å²) in [5.41, 5.74) is 0.775. The Morgan fingerprint density at radius 2 is 1.89 bits per heavy atom. The van der Waals surface area contributed by atoms with Gasteiger partial charge in [0.05, 0.1) is 12.2 Å². The van der Waals surface area contributed by atoms with Crippen molar-refractivity contribution in [3.8, 4) is 0 Å². The Labute approximate surface area is 106 Å². The van der Waals surface area contributed by atoms with E-state index < -0.39 is 0 Å². The summed E-state index contributed by atoms with van der Waals surface area (Å²) in [5.74, 6) is 0.746. The predicted molar refractivity (Wildman–Crippen MR) is 65.9 cm³/mol. The lowest BCUT2D eigenvalue weighted by atomic mass is 9.92. The summed E-state index contributed by atoms with van der Waals surface area (Å²) >= 11 is 0. The molecule has 2 rings (SSSR count). The van der Waals surface area contributed by atoms with Crippen LogP contribution < -0.4 is 0 Å². The number of nitrogens with zero attached hydrogens (tertiary/aromatic N) is 6. The molecule has 0 atom stereocenters. The maximum atomic E-state index is 4.20. The van der Waals surface area contributed by atoms with Crippen LogP contribution in [0.25, 0.3) is 0 Å². The number of aromatic amines is 1. The van der Waals surface area contributed by atoms with E-state index in [1.807, 2.05) is 10.9 Å². The third kappa shape index (κ3) is 2.55. The van der Waals surface area contributed by atoms with Crippen LogP contribution in [-0.4, -0.2) is 35.6 Å². The first kappa shape index (κ1) is 12.7. The Morgan fingerprint density at radius 3 is 2.39 bits per heavy atom. The summed E-state index contributed by atoms with van der Waals surface area (Å²) in [7, 11) is 0. The highest BCUT2D eigenvalue weighted by Gasteiger charge is 2.27. The fourth-order valence-electron chi connectivity index (χ4n) is 1.65. The van der Waals surface area contributed by atoms with E-state index in [4.69, 9.17) is 0 Å². The number of hydrogen-bond donors (Lipinski definition) is 1. The molecular formula is C11H19N7. The first-order valence-corrected chi connectivity index (χ1v) is 5.94. The van der Waals surface area contributed by atoms with Crippen LogP contribution >= 0.6 is 0 Å². The van der Waals surface area contributed by atoms with Crippen molar-refractivity contribution < 1.29 is 0 Å². The molecule has 0 spiro atoms. The van der Waals surface area contributed by atoms with Crippen molar-refractivity contribution in [3.63, 3.8) is 0 Å². The monoisotopic (exact) mass is 249 g/mol. The molecule has 0 saturated heterocycles. The zero-order valence-electron chi connectivity index (χ0n) is 11.5. The van der Waals surface area contributed by atoms with Crippen LogP contribution in [0.1, 0.15) is 46.1 Å². The summed E-state index contributed by atoms with van der Waals surface area (Å²) in [6.45, 7) is 11.2. The third-order valence-corrected chi connectivity index (χ3v) is 2.85. The molecule has 2 heterocycles. The van der Waals surface area contributed by atoms with E-state index in [0.717, 1.165) is 11.5 Å². The molecule has 0 aromatic carbocycles. The van der Waals surface area contributed by atoms with Crippen molar-refractivity contribution in [1.82, 2.24) is 35.6 Å². The molecule has 0 amide bonds. The molecule has 1 N–H and O–H groups in total. The van der Waals surface area contributed by atoms with Crippen LogP contribution in [0, 0.1) is 0 Å². The molecule has 0 radical (unpaired) electrons. The molecule has 0 aliphatic carbocycles. The topological polar surface area (TPSA) is 85.2 Å². The molecule has 0 aliphatic rings. The first-order chi connectivity index (χ1) is 8.29. The molecule has 18 heavy (non-hydrogen) atoms. The van der Waals surface area contributed by atoms with Gasteiger partial charge in [0.15, 0.2) is 5.82 Å². The maximum absolute atomic E-state index is 4.20. The lowest BCUT2D eigenvalue weighted by Crippen LogP contribution is -2.26. The zero-order valence-corrected chi connectivity index (χ0v) is 11.5. The van der Waals surface area contributed by atoms with Crippen molar-refractivity contribution in [1.29, 1.82) is 0 Å². The van der Waals surface area contributed by atoms with Gasteiger partial charge in [-0.05, 0) is 10.4 Å². The van der Waals surface area contributed by atoms with Gasteiger partial charge in [-0.25, -0.2) is 5.10 Å². The van der Waals surface area contributed by atoms with E-state index in [0.29, 0.717) is 6.54 Å². The fourth-order valence-corrected chi connectivity index (χ4v) is 1.65. The summed E-state index contributed by atoms with van der Waals surface area (Å²) in [6, 6.07) is 0. The smallest absolute Gasteiger partial charge is 0.155 e. The van der Waals surface area contributed by atoms with Crippen molar-refractivity contribution in [2.75, 3.05) is 0 Å². The highest BCUT2D eigenvalue weighted by molar-refractivity contribution is 5.07. The summed E-state index contributed by atoms with van der Waals surface area (Å²) in [5, 5.41) is 22.3. The van der Waals surface area contributed by atoms with Gasteiger partial charge in [0.1, 0.15) is 0 Å². The van der Waals surface area contributed by atoms with E-state index in [-0.39, 0.29) is 10.8 Å². The number of aromatic nitrogens is 7. The van der Waals surface area contributed by atoms with E-state index in [1.54, 1.807) is 0 Å². The molecule has 98 valence electrons. The Hall–Kier alpha value is -1.79. The van der Waals surface area contributed by atoms with Crippen molar-refractivity contribution >= 4 is 0 Å². The Kier molecular flexibility index (Phi) is 2.92. The molecule has 7 nitrogen and oxygen atoms in total. The van der Waals surface area contributed by atoms with Gasteiger partial charge in [-0.3, -0.25) is 4.68 Å². The molecule has 7 heteroatoms. The average Bonchev–Trinajstić information content (AvgIpc) is 2.83. The van der Waals surface area contributed by atoms with Crippen LogP contribution in [-0.2, 0) is 17.4 Å². The first-order valence-electron chi connectivity index (χ1n) is 5.94. The lowest BCUT2D eigenvalue weighted by molar-refractivity contribution is 0.382. The number of hydrogen-bond acceptors (Lipinski definition) is 5. The molecule has 0 fully saturated rings. The van der Waals surface area contributed by atoms with Gasteiger partial charge in [0, 0.05) is 17.0 Å². The van der Waals surface area contributed by atoms with E-state index in [1.165, 1.54) is 0 Å². The fraction of sp³-hybridized carbons (Fsp3) is 0.727.